The van der Waals surface area contributed by atoms with Crippen molar-refractivity contribution >= 4 is 17.5 Å². The Morgan fingerprint density at radius 1 is 1.32 bits per heavy atom. The Kier molecular flexibility index (Phi) is 4.16. The van der Waals surface area contributed by atoms with Crippen molar-refractivity contribution < 1.29 is 4.79 Å². The first-order valence-corrected chi connectivity index (χ1v) is 7.91. The second-order valence-electron chi connectivity index (χ2n) is 5.96. The number of amides is 1. The van der Waals surface area contributed by atoms with E-state index in [-0.39, 0.29) is 11.9 Å². The molecule has 0 aliphatic carbocycles. The third kappa shape index (κ3) is 2.99. The van der Waals surface area contributed by atoms with Crippen molar-refractivity contribution in [2.45, 2.75) is 45.2 Å². The Morgan fingerprint density at radius 2 is 2.05 bits per heavy atom. The van der Waals surface area contributed by atoms with Crippen LogP contribution < -0.4 is 5.32 Å². The van der Waals surface area contributed by atoms with Crippen LogP contribution in [0.5, 0.6) is 0 Å². The molecular weight excluding hydrogens is 300 g/mol. The maximum absolute atomic E-state index is 12.3. The van der Waals surface area contributed by atoms with E-state index in [9.17, 15) is 4.79 Å². The van der Waals surface area contributed by atoms with Gasteiger partial charge in [0.2, 0.25) is 0 Å². The fourth-order valence-corrected chi connectivity index (χ4v) is 2.89. The molecule has 1 aliphatic heterocycles. The minimum absolute atomic E-state index is 0.0655. The van der Waals surface area contributed by atoms with Gasteiger partial charge in [-0.3, -0.25) is 4.79 Å². The maximum atomic E-state index is 12.3. The van der Waals surface area contributed by atoms with E-state index in [2.05, 4.69) is 33.9 Å². The Bertz CT molecular complexity index is 678. The third-order valence-corrected chi connectivity index (χ3v) is 4.19. The molecule has 0 radical (unpaired) electrons. The second kappa shape index (κ2) is 6.08. The number of carbonyl (C=O) groups is 1. The lowest BCUT2D eigenvalue weighted by Crippen LogP contribution is -2.41. The summed E-state index contributed by atoms with van der Waals surface area (Å²) in [6.45, 7) is 4.94. The molecule has 116 valence electrons. The van der Waals surface area contributed by atoms with Gasteiger partial charge in [0.1, 0.15) is 11.6 Å². The van der Waals surface area contributed by atoms with E-state index in [4.69, 9.17) is 11.6 Å². The highest BCUT2D eigenvalue weighted by molar-refractivity contribution is 6.30. The highest BCUT2D eigenvalue weighted by atomic mass is 35.5. The summed E-state index contributed by atoms with van der Waals surface area (Å²) >= 11 is 5.85. The van der Waals surface area contributed by atoms with Gasteiger partial charge in [0.25, 0.3) is 5.91 Å². The monoisotopic (exact) mass is 318 g/mol. The number of aryl methyl sites for hydroxylation is 1. The molecule has 0 saturated carbocycles. The molecule has 1 amide bonds. The van der Waals surface area contributed by atoms with Gasteiger partial charge in [-0.25, -0.2) is 0 Å². The molecular formula is C16H19ClN4O. The standard InChI is InChI=1S/C16H19ClN4O/c1-10(2)15-20-19-14-8-7-13(9-21(14)15)18-16(22)11-3-5-12(17)6-4-11/h3-6,10,13H,7-9H2,1-2H3,(H,18,22). The molecule has 5 nitrogen and oxygen atoms in total. The van der Waals surface area contributed by atoms with Gasteiger partial charge < -0.3 is 9.88 Å². The van der Waals surface area contributed by atoms with E-state index in [1.54, 1.807) is 24.3 Å². The Hall–Kier alpha value is -1.88. The molecule has 0 saturated heterocycles. The molecule has 6 heteroatoms. The van der Waals surface area contributed by atoms with Gasteiger partial charge >= 0.3 is 0 Å². The summed E-state index contributed by atoms with van der Waals surface area (Å²) in [5.41, 5.74) is 0.628. The predicted molar refractivity (Wildman–Crippen MR) is 85.1 cm³/mol. The van der Waals surface area contributed by atoms with Crippen LogP contribution >= 0.6 is 11.6 Å². The molecule has 3 rings (SSSR count). The van der Waals surface area contributed by atoms with E-state index in [1.807, 2.05) is 0 Å². The maximum Gasteiger partial charge on any atom is 0.251 e. The summed E-state index contributed by atoms with van der Waals surface area (Å²) in [5.74, 6) is 2.26. The highest BCUT2D eigenvalue weighted by Gasteiger charge is 2.25. The number of hydrogen-bond donors (Lipinski definition) is 1. The van der Waals surface area contributed by atoms with Crippen LogP contribution in [-0.4, -0.2) is 26.7 Å². The van der Waals surface area contributed by atoms with Crippen molar-refractivity contribution in [3.8, 4) is 0 Å². The van der Waals surface area contributed by atoms with Crippen molar-refractivity contribution in [2.75, 3.05) is 0 Å². The van der Waals surface area contributed by atoms with E-state index in [0.29, 0.717) is 16.5 Å². The molecule has 1 aromatic heterocycles. The van der Waals surface area contributed by atoms with Gasteiger partial charge in [-0.2, -0.15) is 0 Å². The number of hydrogen-bond acceptors (Lipinski definition) is 3. The predicted octanol–water partition coefficient (Wildman–Crippen LogP) is 2.80. The Labute approximate surface area is 134 Å². The lowest BCUT2D eigenvalue weighted by atomic mass is 10.1. The minimum Gasteiger partial charge on any atom is -0.347 e. The first-order valence-electron chi connectivity index (χ1n) is 7.53. The number of fused-ring (bicyclic) bond motifs is 1. The van der Waals surface area contributed by atoms with Crippen molar-refractivity contribution in [3.63, 3.8) is 0 Å². The Balaban J connectivity index is 1.71. The van der Waals surface area contributed by atoms with Crippen molar-refractivity contribution in [3.05, 3.63) is 46.5 Å². The van der Waals surface area contributed by atoms with E-state index < -0.39 is 0 Å². The molecule has 0 bridgehead atoms. The average molecular weight is 319 g/mol. The van der Waals surface area contributed by atoms with Crippen molar-refractivity contribution in [1.82, 2.24) is 20.1 Å². The van der Waals surface area contributed by atoms with Crippen LogP contribution in [0.15, 0.2) is 24.3 Å². The first-order chi connectivity index (χ1) is 10.5. The summed E-state index contributed by atoms with van der Waals surface area (Å²) in [6.07, 6.45) is 1.72. The van der Waals surface area contributed by atoms with Gasteiger partial charge in [-0.15, -0.1) is 10.2 Å². The summed E-state index contributed by atoms with van der Waals surface area (Å²) in [6, 6.07) is 7.04. The number of halogens is 1. The van der Waals surface area contributed by atoms with Gasteiger partial charge in [-0.05, 0) is 30.7 Å². The number of rotatable bonds is 3. The van der Waals surface area contributed by atoms with Gasteiger partial charge in [0.05, 0.1) is 0 Å². The number of nitrogens with one attached hydrogen (secondary N) is 1. The normalized spacial score (nSPS) is 17.4. The second-order valence-corrected chi connectivity index (χ2v) is 6.39. The lowest BCUT2D eigenvalue weighted by Gasteiger charge is -2.26. The number of aromatic nitrogens is 3. The van der Waals surface area contributed by atoms with E-state index >= 15 is 0 Å². The fraction of sp³-hybridized carbons (Fsp3) is 0.438. The molecule has 0 spiro atoms. The third-order valence-electron chi connectivity index (χ3n) is 3.93. The molecule has 2 heterocycles. The van der Waals surface area contributed by atoms with E-state index in [1.165, 1.54) is 0 Å². The van der Waals surface area contributed by atoms with Crippen LogP contribution in [0.1, 0.15) is 48.2 Å². The number of benzene rings is 1. The number of nitrogens with zero attached hydrogens (tertiary/aromatic N) is 3. The molecule has 1 atom stereocenters. The summed E-state index contributed by atoms with van der Waals surface area (Å²) in [7, 11) is 0. The van der Waals surface area contributed by atoms with Crippen LogP contribution in [0, 0.1) is 0 Å². The SMILES string of the molecule is CC(C)c1nnc2n1CC(NC(=O)c1ccc(Cl)cc1)CC2. The lowest BCUT2D eigenvalue weighted by molar-refractivity contribution is 0.0927. The zero-order valence-electron chi connectivity index (χ0n) is 12.7. The largest absolute Gasteiger partial charge is 0.347 e. The average Bonchev–Trinajstić information content (AvgIpc) is 2.91. The van der Waals surface area contributed by atoms with Crippen molar-refractivity contribution in [2.24, 2.45) is 0 Å². The first kappa shape index (κ1) is 15.0. The van der Waals surface area contributed by atoms with Crippen LogP contribution in [0.2, 0.25) is 5.02 Å². The fourth-order valence-electron chi connectivity index (χ4n) is 2.76. The van der Waals surface area contributed by atoms with Crippen LogP contribution in [0.25, 0.3) is 0 Å². The highest BCUT2D eigenvalue weighted by Crippen LogP contribution is 2.20. The van der Waals surface area contributed by atoms with Gasteiger partial charge in [-0.1, -0.05) is 25.4 Å². The number of carbonyl (C=O) groups excluding carboxylic acids is 1. The molecule has 2 aromatic rings. The summed E-state index contributed by atoms with van der Waals surface area (Å²) in [4.78, 5) is 12.3. The van der Waals surface area contributed by atoms with Crippen molar-refractivity contribution in [1.29, 1.82) is 0 Å². The molecule has 1 unspecified atom stereocenters. The smallest absolute Gasteiger partial charge is 0.251 e. The van der Waals surface area contributed by atoms with Crippen LogP contribution in [0.3, 0.4) is 0 Å². The van der Waals surface area contributed by atoms with Gasteiger partial charge in [0.15, 0.2) is 0 Å². The molecule has 1 aromatic carbocycles. The van der Waals surface area contributed by atoms with Gasteiger partial charge in [0, 0.05) is 35.5 Å². The minimum atomic E-state index is -0.0655. The molecule has 0 fully saturated rings. The summed E-state index contributed by atoms with van der Waals surface area (Å²) < 4.78 is 2.14. The quantitative estimate of drug-likeness (QED) is 0.946. The topological polar surface area (TPSA) is 59.8 Å². The molecule has 1 N–H and O–H groups in total. The zero-order valence-corrected chi connectivity index (χ0v) is 13.5. The molecule has 1 aliphatic rings. The Morgan fingerprint density at radius 3 is 2.73 bits per heavy atom. The van der Waals surface area contributed by atoms with E-state index in [0.717, 1.165) is 31.0 Å². The summed E-state index contributed by atoms with van der Waals surface area (Å²) in [5, 5.41) is 12.2. The zero-order chi connectivity index (χ0) is 15.7. The molecule has 22 heavy (non-hydrogen) atoms. The van der Waals surface area contributed by atoms with Crippen LogP contribution in [0.4, 0.5) is 0 Å². The van der Waals surface area contributed by atoms with Crippen LogP contribution in [-0.2, 0) is 13.0 Å².